The van der Waals surface area contributed by atoms with Crippen molar-refractivity contribution in [2.75, 3.05) is 12.3 Å². The normalized spacial score (nSPS) is 19.4. The summed E-state index contributed by atoms with van der Waals surface area (Å²) in [4.78, 5) is 14.4. The lowest BCUT2D eigenvalue weighted by molar-refractivity contribution is -0.135. The van der Waals surface area contributed by atoms with Crippen molar-refractivity contribution in [1.82, 2.24) is 4.90 Å². The molecule has 104 valence electrons. The second-order valence-corrected chi connectivity index (χ2v) is 5.37. The lowest BCUT2D eigenvalue weighted by Gasteiger charge is -2.36. The molecule has 1 atom stereocenters. The van der Waals surface area contributed by atoms with Gasteiger partial charge in [0.2, 0.25) is 5.91 Å². The Morgan fingerprint density at radius 1 is 1.32 bits per heavy atom. The van der Waals surface area contributed by atoms with Gasteiger partial charge in [0.05, 0.1) is 6.04 Å². The molecule has 1 aromatic carbocycles. The molecule has 1 saturated heterocycles. The van der Waals surface area contributed by atoms with Crippen LogP contribution in [-0.4, -0.2) is 17.4 Å². The number of piperidine rings is 1. The van der Waals surface area contributed by atoms with Crippen LogP contribution in [0.2, 0.25) is 0 Å². The number of anilines is 1. The van der Waals surface area contributed by atoms with Gasteiger partial charge >= 0.3 is 0 Å². The summed E-state index contributed by atoms with van der Waals surface area (Å²) in [6.07, 6.45) is 6.15. The molecule has 1 fully saturated rings. The summed E-state index contributed by atoms with van der Waals surface area (Å²) in [6.45, 7) is 3.03. The molecule has 0 bridgehead atoms. The zero-order valence-electron chi connectivity index (χ0n) is 11.8. The number of amides is 1. The molecule has 1 heterocycles. The van der Waals surface area contributed by atoms with E-state index in [4.69, 9.17) is 5.73 Å². The smallest absolute Gasteiger partial charge is 0.223 e. The predicted octanol–water partition coefficient (Wildman–Crippen LogP) is 3.51. The predicted molar refractivity (Wildman–Crippen MR) is 78.7 cm³/mol. The molecule has 0 radical (unpaired) electrons. The quantitative estimate of drug-likeness (QED) is 0.842. The van der Waals surface area contributed by atoms with Crippen molar-refractivity contribution in [1.29, 1.82) is 0 Å². The van der Waals surface area contributed by atoms with E-state index in [2.05, 4.69) is 24.0 Å². The Hall–Kier alpha value is -1.51. The third kappa shape index (κ3) is 3.49. The summed E-state index contributed by atoms with van der Waals surface area (Å²) in [7, 11) is 0. The molecule has 19 heavy (non-hydrogen) atoms. The van der Waals surface area contributed by atoms with Gasteiger partial charge in [0.1, 0.15) is 0 Å². The fourth-order valence-electron chi connectivity index (χ4n) is 2.77. The van der Waals surface area contributed by atoms with E-state index in [0.29, 0.717) is 12.3 Å². The number of carbonyl (C=O) groups is 1. The molecule has 1 aromatic rings. The zero-order chi connectivity index (χ0) is 13.7. The van der Waals surface area contributed by atoms with Crippen LogP contribution in [-0.2, 0) is 4.79 Å². The molecule has 2 N–H and O–H groups in total. The monoisotopic (exact) mass is 260 g/mol. The standard InChI is InChI=1S/C16H24N2O/c1-2-3-7-16(19)18-12-5-4-6-15(18)13-8-10-14(17)11-9-13/h8-11,15H,2-7,12,17H2,1H3. The average molecular weight is 260 g/mol. The first-order chi connectivity index (χ1) is 9.22. The van der Waals surface area contributed by atoms with Crippen LogP contribution < -0.4 is 5.73 Å². The van der Waals surface area contributed by atoms with Gasteiger partial charge in [0.15, 0.2) is 0 Å². The largest absolute Gasteiger partial charge is 0.399 e. The summed E-state index contributed by atoms with van der Waals surface area (Å²) >= 11 is 0. The maximum atomic E-state index is 12.3. The number of nitrogens with two attached hydrogens (primary N) is 1. The number of unbranched alkanes of at least 4 members (excludes halogenated alkanes) is 1. The van der Waals surface area contributed by atoms with Gasteiger partial charge in [-0.15, -0.1) is 0 Å². The van der Waals surface area contributed by atoms with Crippen LogP contribution in [0, 0.1) is 0 Å². The van der Waals surface area contributed by atoms with Gasteiger partial charge in [0, 0.05) is 18.7 Å². The van der Waals surface area contributed by atoms with Crippen molar-refractivity contribution < 1.29 is 4.79 Å². The Morgan fingerprint density at radius 3 is 2.74 bits per heavy atom. The molecule has 0 aliphatic carbocycles. The summed E-state index contributed by atoms with van der Waals surface area (Å²) in [5.74, 6) is 0.309. The fourth-order valence-corrected chi connectivity index (χ4v) is 2.77. The van der Waals surface area contributed by atoms with Gasteiger partial charge < -0.3 is 10.6 Å². The molecule has 0 aromatic heterocycles. The van der Waals surface area contributed by atoms with Gasteiger partial charge in [0.25, 0.3) is 0 Å². The van der Waals surface area contributed by atoms with E-state index >= 15 is 0 Å². The molecule has 1 aliphatic rings. The van der Waals surface area contributed by atoms with Crippen LogP contribution in [0.4, 0.5) is 5.69 Å². The van der Waals surface area contributed by atoms with E-state index in [1.807, 2.05) is 12.1 Å². The van der Waals surface area contributed by atoms with Crippen LogP contribution in [0.5, 0.6) is 0 Å². The van der Waals surface area contributed by atoms with Crippen molar-refractivity contribution in [2.24, 2.45) is 0 Å². The zero-order valence-corrected chi connectivity index (χ0v) is 11.8. The van der Waals surface area contributed by atoms with E-state index < -0.39 is 0 Å². The third-order valence-electron chi connectivity index (χ3n) is 3.89. The molecule has 0 saturated carbocycles. The van der Waals surface area contributed by atoms with Crippen LogP contribution >= 0.6 is 0 Å². The molecule has 1 unspecified atom stereocenters. The van der Waals surface area contributed by atoms with Crippen molar-refractivity contribution >= 4 is 11.6 Å². The number of likely N-dealkylation sites (tertiary alicyclic amines) is 1. The number of nitrogens with zero attached hydrogens (tertiary/aromatic N) is 1. The van der Waals surface area contributed by atoms with Gasteiger partial charge in [-0.3, -0.25) is 4.79 Å². The van der Waals surface area contributed by atoms with Crippen LogP contribution in [0.25, 0.3) is 0 Å². The summed E-state index contributed by atoms with van der Waals surface area (Å²) < 4.78 is 0. The highest BCUT2D eigenvalue weighted by Gasteiger charge is 2.27. The maximum Gasteiger partial charge on any atom is 0.223 e. The Morgan fingerprint density at radius 2 is 2.05 bits per heavy atom. The minimum atomic E-state index is 0.249. The Bertz CT molecular complexity index is 413. The Kier molecular flexibility index (Phi) is 4.83. The minimum Gasteiger partial charge on any atom is -0.399 e. The average Bonchev–Trinajstić information content (AvgIpc) is 2.45. The summed E-state index contributed by atoms with van der Waals surface area (Å²) in [6, 6.07) is 8.23. The highest BCUT2D eigenvalue weighted by Crippen LogP contribution is 2.31. The van der Waals surface area contributed by atoms with E-state index in [-0.39, 0.29) is 6.04 Å². The van der Waals surface area contributed by atoms with Crippen molar-refractivity contribution in [3.63, 3.8) is 0 Å². The summed E-state index contributed by atoms with van der Waals surface area (Å²) in [5, 5.41) is 0. The highest BCUT2D eigenvalue weighted by atomic mass is 16.2. The lowest BCUT2D eigenvalue weighted by atomic mass is 9.94. The first kappa shape index (κ1) is 13.9. The number of hydrogen-bond acceptors (Lipinski definition) is 2. The molecule has 1 amide bonds. The molecule has 3 nitrogen and oxygen atoms in total. The number of nitrogen functional groups attached to an aromatic ring is 1. The molecule has 3 heteroatoms. The van der Waals surface area contributed by atoms with E-state index in [1.54, 1.807) is 0 Å². The topological polar surface area (TPSA) is 46.3 Å². The number of benzene rings is 1. The van der Waals surface area contributed by atoms with Gasteiger partial charge in [-0.05, 0) is 43.4 Å². The van der Waals surface area contributed by atoms with Crippen molar-refractivity contribution in [3.8, 4) is 0 Å². The molecular weight excluding hydrogens is 236 g/mol. The number of hydrogen-bond donors (Lipinski definition) is 1. The number of rotatable bonds is 4. The van der Waals surface area contributed by atoms with Crippen molar-refractivity contribution in [3.05, 3.63) is 29.8 Å². The van der Waals surface area contributed by atoms with Gasteiger partial charge in [-0.25, -0.2) is 0 Å². The second kappa shape index (κ2) is 6.60. The Labute approximate surface area is 115 Å². The second-order valence-electron chi connectivity index (χ2n) is 5.37. The first-order valence-corrected chi connectivity index (χ1v) is 7.37. The fraction of sp³-hybridized carbons (Fsp3) is 0.562. The third-order valence-corrected chi connectivity index (χ3v) is 3.89. The van der Waals surface area contributed by atoms with Crippen molar-refractivity contribution in [2.45, 2.75) is 51.5 Å². The summed E-state index contributed by atoms with van der Waals surface area (Å²) in [5.41, 5.74) is 7.74. The van der Waals surface area contributed by atoms with E-state index in [1.165, 1.54) is 12.0 Å². The Balaban J connectivity index is 2.11. The van der Waals surface area contributed by atoms with E-state index in [0.717, 1.165) is 37.9 Å². The molecule has 1 aliphatic heterocycles. The van der Waals surface area contributed by atoms with Crippen LogP contribution in [0.1, 0.15) is 57.1 Å². The van der Waals surface area contributed by atoms with E-state index in [9.17, 15) is 4.79 Å². The minimum absolute atomic E-state index is 0.249. The lowest BCUT2D eigenvalue weighted by Crippen LogP contribution is -2.38. The van der Waals surface area contributed by atoms with Gasteiger partial charge in [-0.2, -0.15) is 0 Å². The molecular formula is C16H24N2O. The van der Waals surface area contributed by atoms with Crippen LogP contribution in [0.3, 0.4) is 0 Å². The molecule has 0 spiro atoms. The number of carbonyl (C=O) groups excluding carboxylic acids is 1. The SMILES string of the molecule is CCCCC(=O)N1CCCCC1c1ccc(N)cc1. The highest BCUT2D eigenvalue weighted by molar-refractivity contribution is 5.76. The maximum absolute atomic E-state index is 12.3. The molecule has 2 rings (SSSR count). The van der Waals surface area contributed by atoms with Crippen LogP contribution in [0.15, 0.2) is 24.3 Å². The first-order valence-electron chi connectivity index (χ1n) is 7.37. The van der Waals surface area contributed by atoms with Gasteiger partial charge in [-0.1, -0.05) is 25.5 Å².